The lowest BCUT2D eigenvalue weighted by atomic mass is 9.50. The molecule has 0 aromatic carbocycles. The van der Waals surface area contributed by atoms with E-state index in [4.69, 9.17) is 9.84 Å². The fourth-order valence-electron chi connectivity index (χ4n) is 4.76. The number of hydrogen-bond acceptors (Lipinski definition) is 5. The van der Waals surface area contributed by atoms with Gasteiger partial charge in [-0.25, -0.2) is 9.59 Å². The van der Waals surface area contributed by atoms with Gasteiger partial charge in [0.25, 0.3) is 0 Å². The van der Waals surface area contributed by atoms with E-state index in [1.807, 2.05) is 0 Å². The predicted molar refractivity (Wildman–Crippen MR) is 69.6 cm³/mol. The van der Waals surface area contributed by atoms with Gasteiger partial charge in [0.05, 0.1) is 5.60 Å². The SMILES string of the molecule is CC1(OCC(=O)OC(=O)CO)C2CC3CC(C2)CC1C3. The first-order valence-corrected chi connectivity index (χ1v) is 7.49. The Hall–Kier alpha value is -0.940. The highest BCUT2D eigenvalue weighted by atomic mass is 16.6. The molecule has 112 valence electrons. The van der Waals surface area contributed by atoms with E-state index >= 15 is 0 Å². The molecule has 0 unspecified atom stereocenters. The van der Waals surface area contributed by atoms with Crippen LogP contribution in [0.15, 0.2) is 0 Å². The van der Waals surface area contributed by atoms with Crippen LogP contribution >= 0.6 is 0 Å². The Morgan fingerprint density at radius 1 is 1.05 bits per heavy atom. The number of carbonyl (C=O) groups is 2. The second-order valence-electron chi connectivity index (χ2n) is 6.78. The normalized spacial score (nSPS) is 41.7. The Morgan fingerprint density at radius 3 is 2.10 bits per heavy atom. The van der Waals surface area contributed by atoms with E-state index in [1.54, 1.807) is 0 Å². The maximum absolute atomic E-state index is 11.5. The summed E-state index contributed by atoms with van der Waals surface area (Å²) < 4.78 is 10.3. The molecule has 0 amide bonds. The molecule has 0 saturated heterocycles. The van der Waals surface area contributed by atoms with E-state index in [2.05, 4.69) is 11.7 Å². The summed E-state index contributed by atoms with van der Waals surface area (Å²) in [5.74, 6) is 1.11. The molecule has 4 aliphatic rings. The summed E-state index contributed by atoms with van der Waals surface area (Å²) in [6.45, 7) is 1.13. The molecule has 0 aliphatic heterocycles. The zero-order valence-corrected chi connectivity index (χ0v) is 11.8. The second-order valence-corrected chi connectivity index (χ2v) is 6.78. The Morgan fingerprint density at radius 2 is 1.60 bits per heavy atom. The number of aliphatic hydroxyl groups excluding tert-OH is 1. The van der Waals surface area contributed by atoms with Crippen molar-refractivity contribution in [1.29, 1.82) is 0 Å². The number of ether oxygens (including phenoxy) is 2. The number of carbonyl (C=O) groups excluding carboxylic acids is 2. The van der Waals surface area contributed by atoms with Gasteiger partial charge in [0.15, 0.2) is 0 Å². The molecule has 0 heterocycles. The van der Waals surface area contributed by atoms with Gasteiger partial charge < -0.3 is 14.6 Å². The summed E-state index contributed by atoms with van der Waals surface area (Å²) in [5, 5.41) is 8.55. The molecule has 4 rings (SSSR count). The van der Waals surface area contributed by atoms with Crippen LogP contribution in [-0.2, 0) is 19.1 Å². The van der Waals surface area contributed by atoms with E-state index in [0.717, 1.165) is 11.8 Å². The topological polar surface area (TPSA) is 72.8 Å². The monoisotopic (exact) mass is 282 g/mol. The largest absolute Gasteiger partial charge is 0.390 e. The first-order valence-electron chi connectivity index (χ1n) is 7.49. The number of hydrogen-bond donors (Lipinski definition) is 1. The molecule has 5 heteroatoms. The smallest absolute Gasteiger partial charge is 0.339 e. The maximum Gasteiger partial charge on any atom is 0.339 e. The van der Waals surface area contributed by atoms with Gasteiger partial charge in [0.2, 0.25) is 0 Å². The molecule has 4 fully saturated rings. The number of aliphatic hydroxyl groups is 1. The van der Waals surface area contributed by atoms with Crippen LogP contribution in [0.25, 0.3) is 0 Å². The third kappa shape index (κ3) is 2.37. The van der Waals surface area contributed by atoms with Gasteiger partial charge >= 0.3 is 11.9 Å². The minimum Gasteiger partial charge on any atom is -0.390 e. The Balaban J connectivity index is 1.59. The molecule has 20 heavy (non-hydrogen) atoms. The van der Waals surface area contributed by atoms with Crippen molar-refractivity contribution in [2.45, 2.75) is 44.6 Å². The minimum atomic E-state index is -0.922. The van der Waals surface area contributed by atoms with Crippen LogP contribution in [-0.4, -0.2) is 35.9 Å². The summed E-state index contributed by atoms with van der Waals surface area (Å²) in [7, 11) is 0. The molecule has 5 nitrogen and oxygen atoms in total. The van der Waals surface area contributed by atoms with Gasteiger partial charge in [0, 0.05) is 0 Å². The van der Waals surface area contributed by atoms with Gasteiger partial charge in [-0.1, -0.05) is 0 Å². The van der Waals surface area contributed by atoms with E-state index in [-0.39, 0.29) is 12.2 Å². The van der Waals surface area contributed by atoms with Crippen molar-refractivity contribution in [3.05, 3.63) is 0 Å². The van der Waals surface area contributed by atoms with Crippen molar-refractivity contribution < 1.29 is 24.2 Å². The fraction of sp³-hybridized carbons (Fsp3) is 0.867. The molecule has 0 aromatic rings. The van der Waals surface area contributed by atoms with Crippen LogP contribution in [0.2, 0.25) is 0 Å². The average molecular weight is 282 g/mol. The molecule has 0 radical (unpaired) electrons. The summed E-state index contributed by atoms with van der Waals surface area (Å²) in [6.07, 6.45) is 6.18. The van der Waals surface area contributed by atoms with Crippen molar-refractivity contribution in [2.75, 3.05) is 13.2 Å². The van der Waals surface area contributed by atoms with E-state index < -0.39 is 18.5 Å². The Labute approximate surface area is 118 Å². The van der Waals surface area contributed by atoms with Gasteiger partial charge in [0.1, 0.15) is 13.2 Å². The third-order valence-corrected chi connectivity index (χ3v) is 5.62. The van der Waals surface area contributed by atoms with Crippen LogP contribution in [0.5, 0.6) is 0 Å². The third-order valence-electron chi connectivity index (χ3n) is 5.62. The van der Waals surface area contributed by atoms with Crippen molar-refractivity contribution in [3.8, 4) is 0 Å². The molecule has 0 spiro atoms. The standard InChI is InChI=1S/C15H22O5/c1-15(19-8-14(18)20-13(17)7-16)11-3-9-2-10(5-11)6-12(15)4-9/h9-12,16H,2-8H2,1H3. The van der Waals surface area contributed by atoms with Gasteiger partial charge in [-0.3, -0.25) is 0 Å². The highest BCUT2D eigenvalue weighted by molar-refractivity contribution is 5.86. The highest BCUT2D eigenvalue weighted by Gasteiger charge is 2.55. The molecule has 4 saturated carbocycles. The predicted octanol–water partition coefficient (Wildman–Crippen LogP) is 1.28. The first-order chi connectivity index (χ1) is 9.51. The quantitative estimate of drug-likeness (QED) is 0.621. The van der Waals surface area contributed by atoms with E-state index in [1.165, 1.54) is 32.1 Å². The first kappa shape index (κ1) is 14.0. The van der Waals surface area contributed by atoms with Crippen molar-refractivity contribution >= 4 is 11.9 Å². The molecular weight excluding hydrogens is 260 g/mol. The van der Waals surface area contributed by atoms with Crippen LogP contribution in [0.3, 0.4) is 0 Å². The van der Waals surface area contributed by atoms with Crippen molar-refractivity contribution in [1.82, 2.24) is 0 Å². The summed E-state index contributed by atoms with van der Waals surface area (Å²) in [6, 6.07) is 0. The zero-order valence-electron chi connectivity index (χ0n) is 11.8. The van der Waals surface area contributed by atoms with Crippen LogP contribution in [0.4, 0.5) is 0 Å². The van der Waals surface area contributed by atoms with Crippen LogP contribution in [0, 0.1) is 23.7 Å². The summed E-state index contributed by atoms with van der Waals surface area (Å²) >= 11 is 0. The molecule has 4 aliphatic carbocycles. The minimum absolute atomic E-state index is 0.204. The van der Waals surface area contributed by atoms with Crippen LogP contribution in [0.1, 0.15) is 39.0 Å². The van der Waals surface area contributed by atoms with Gasteiger partial charge in [-0.05, 0) is 62.7 Å². The lowest BCUT2D eigenvalue weighted by molar-refractivity contribution is -0.203. The molecular formula is C15H22O5. The summed E-state index contributed by atoms with van der Waals surface area (Å²) in [4.78, 5) is 22.4. The Bertz CT molecular complexity index is 388. The highest BCUT2D eigenvalue weighted by Crippen LogP contribution is 2.59. The lowest BCUT2D eigenvalue weighted by Crippen LogP contribution is -2.57. The fourth-order valence-corrected chi connectivity index (χ4v) is 4.76. The second kappa shape index (κ2) is 5.11. The van der Waals surface area contributed by atoms with E-state index in [9.17, 15) is 9.59 Å². The van der Waals surface area contributed by atoms with Crippen molar-refractivity contribution in [2.24, 2.45) is 23.7 Å². The number of rotatable bonds is 4. The molecule has 0 aromatic heterocycles. The molecule has 1 N–H and O–H groups in total. The van der Waals surface area contributed by atoms with Crippen molar-refractivity contribution in [3.63, 3.8) is 0 Å². The maximum atomic E-state index is 11.5. The Kier molecular flexibility index (Phi) is 3.58. The summed E-state index contributed by atoms with van der Waals surface area (Å²) in [5.41, 5.74) is -0.255. The average Bonchev–Trinajstić information content (AvgIpc) is 2.42. The molecule has 4 bridgehead atoms. The lowest BCUT2D eigenvalue weighted by Gasteiger charge is -2.59. The van der Waals surface area contributed by atoms with E-state index in [0.29, 0.717) is 11.8 Å². The van der Waals surface area contributed by atoms with Crippen LogP contribution < -0.4 is 0 Å². The number of esters is 2. The van der Waals surface area contributed by atoms with Gasteiger partial charge in [-0.15, -0.1) is 0 Å². The van der Waals surface area contributed by atoms with Gasteiger partial charge in [-0.2, -0.15) is 0 Å². The zero-order chi connectivity index (χ0) is 14.3. The molecule has 0 atom stereocenters.